The molecule has 0 aliphatic carbocycles. The number of carbonyl (C=O) groups excluding carboxylic acids is 2. The molecule has 0 radical (unpaired) electrons. The van der Waals surface area contributed by atoms with Crippen LogP contribution in [0.2, 0.25) is 0 Å². The van der Waals surface area contributed by atoms with E-state index in [1.54, 1.807) is 23.9 Å². The molecule has 0 unspecified atom stereocenters. The van der Waals surface area contributed by atoms with E-state index in [4.69, 9.17) is 10.00 Å². The fraction of sp³-hybridized carbons (Fsp3) is 0.400. The Morgan fingerprint density at radius 2 is 1.86 bits per heavy atom. The summed E-state index contributed by atoms with van der Waals surface area (Å²) in [5.41, 5.74) is 2.56. The van der Waals surface area contributed by atoms with E-state index < -0.39 is 0 Å². The van der Waals surface area contributed by atoms with Crippen molar-refractivity contribution in [3.8, 4) is 6.07 Å². The van der Waals surface area contributed by atoms with Crippen LogP contribution in [0.5, 0.6) is 0 Å². The van der Waals surface area contributed by atoms with Crippen molar-refractivity contribution in [2.45, 2.75) is 31.7 Å². The lowest BCUT2D eigenvalue weighted by molar-refractivity contribution is -0.147. The van der Waals surface area contributed by atoms with Crippen LogP contribution in [0.25, 0.3) is 0 Å². The molecule has 4 rings (SSSR count). The number of nitrogens with zero attached hydrogens (tertiary/aromatic N) is 3. The molecule has 2 heterocycles. The van der Waals surface area contributed by atoms with Crippen molar-refractivity contribution in [2.75, 3.05) is 31.3 Å². The van der Waals surface area contributed by atoms with Gasteiger partial charge in [-0.05, 0) is 29.7 Å². The number of carbonyl (C=O) groups is 2. The average molecular weight is 538 g/mol. The van der Waals surface area contributed by atoms with Crippen LogP contribution in [-0.4, -0.2) is 65.0 Å². The second-order valence-corrected chi connectivity index (χ2v) is 9.42. The van der Waals surface area contributed by atoms with Gasteiger partial charge in [-0.25, -0.2) is 0 Å². The Labute approximate surface area is 223 Å². The van der Waals surface area contributed by atoms with Crippen LogP contribution >= 0.6 is 36.6 Å². The van der Waals surface area contributed by atoms with Crippen LogP contribution in [0.3, 0.4) is 0 Å². The third-order valence-electron chi connectivity index (χ3n) is 6.03. The topological polar surface area (TPSA) is 85.7 Å². The zero-order valence-corrected chi connectivity index (χ0v) is 21.7. The molecule has 2 fully saturated rings. The summed E-state index contributed by atoms with van der Waals surface area (Å²) >= 11 is 1.78. The number of hydrogen-bond donors (Lipinski definition) is 1. The van der Waals surface area contributed by atoms with E-state index >= 15 is 0 Å². The lowest BCUT2D eigenvalue weighted by atomic mass is 10.1. The van der Waals surface area contributed by atoms with Crippen molar-refractivity contribution in [2.24, 2.45) is 0 Å². The molecule has 35 heavy (non-hydrogen) atoms. The van der Waals surface area contributed by atoms with Gasteiger partial charge in [-0.1, -0.05) is 42.5 Å². The van der Waals surface area contributed by atoms with Crippen molar-refractivity contribution in [3.05, 3.63) is 71.3 Å². The van der Waals surface area contributed by atoms with Gasteiger partial charge >= 0.3 is 5.97 Å². The Kier molecular flexibility index (Phi) is 11.8. The molecule has 188 valence electrons. The minimum atomic E-state index is -0.293. The van der Waals surface area contributed by atoms with Crippen LogP contribution in [-0.2, 0) is 27.5 Å². The average Bonchev–Trinajstić information content (AvgIpc) is 3.56. The molecule has 1 N–H and O–H groups in total. The first-order valence-corrected chi connectivity index (χ1v) is 12.3. The van der Waals surface area contributed by atoms with Crippen LogP contribution in [0, 0.1) is 11.3 Å². The van der Waals surface area contributed by atoms with E-state index in [-0.39, 0.29) is 61.9 Å². The van der Waals surface area contributed by atoms with Gasteiger partial charge in [0.05, 0.1) is 30.1 Å². The largest absolute Gasteiger partial charge is 0.460 e. The third kappa shape index (κ3) is 8.13. The highest BCUT2D eigenvalue weighted by atomic mass is 35.5. The lowest BCUT2D eigenvalue weighted by Crippen LogP contribution is -2.42. The predicted octanol–water partition coefficient (Wildman–Crippen LogP) is 3.21. The number of esters is 1. The van der Waals surface area contributed by atoms with Crippen molar-refractivity contribution < 1.29 is 14.3 Å². The van der Waals surface area contributed by atoms with Gasteiger partial charge in [-0.3, -0.25) is 14.5 Å². The van der Waals surface area contributed by atoms with Gasteiger partial charge in [-0.15, -0.1) is 36.6 Å². The molecule has 10 heteroatoms. The van der Waals surface area contributed by atoms with Crippen molar-refractivity contribution in [1.82, 2.24) is 15.1 Å². The number of thioether (sulfide) groups is 1. The fourth-order valence-corrected chi connectivity index (χ4v) is 5.13. The Morgan fingerprint density at radius 1 is 1.11 bits per heavy atom. The molecule has 0 saturated carbocycles. The smallest absolute Gasteiger partial charge is 0.320 e. The third-order valence-corrected chi connectivity index (χ3v) is 7.00. The zero-order chi connectivity index (χ0) is 23.0. The van der Waals surface area contributed by atoms with Crippen molar-refractivity contribution in [1.29, 1.82) is 5.26 Å². The van der Waals surface area contributed by atoms with Crippen molar-refractivity contribution >= 4 is 48.5 Å². The first-order valence-electron chi connectivity index (χ1n) is 11.1. The molecule has 2 aromatic carbocycles. The second-order valence-electron chi connectivity index (χ2n) is 8.35. The molecule has 0 aromatic heterocycles. The number of amides is 1. The summed E-state index contributed by atoms with van der Waals surface area (Å²) in [5, 5.41) is 12.4. The van der Waals surface area contributed by atoms with E-state index in [1.165, 1.54) is 0 Å². The van der Waals surface area contributed by atoms with E-state index in [0.29, 0.717) is 25.1 Å². The quantitative estimate of drug-likeness (QED) is 0.518. The number of hydrogen-bond acceptors (Lipinski definition) is 7. The highest BCUT2D eigenvalue weighted by Crippen LogP contribution is 2.21. The summed E-state index contributed by atoms with van der Waals surface area (Å²) in [6, 6.07) is 18.9. The Bertz CT molecular complexity index is 998. The normalized spacial score (nSPS) is 18.9. The summed E-state index contributed by atoms with van der Waals surface area (Å²) < 4.78 is 5.53. The number of nitrogens with one attached hydrogen (secondary N) is 1. The first kappa shape index (κ1) is 29.0. The standard InChI is InChI=1S/C25H28N4O3S.2ClH/c26-13-19-6-8-20(9-7-19)15-29(16-24(30)32-17-21-4-2-1-3-5-21)22-12-23(27-14-22)25(31)28-10-11-33-18-28;;/h1-9,22-23,27H,10-12,14-18H2;2*1H/t22-,23-;;/m0../s1. The van der Waals surface area contributed by atoms with Gasteiger partial charge < -0.3 is 15.0 Å². The van der Waals surface area contributed by atoms with E-state index in [1.807, 2.05) is 47.4 Å². The number of benzene rings is 2. The Balaban J connectivity index is 0.00000216. The number of ether oxygens (including phenoxy) is 1. The van der Waals surface area contributed by atoms with Crippen LogP contribution in [0.4, 0.5) is 0 Å². The maximum Gasteiger partial charge on any atom is 0.320 e. The van der Waals surface area contributed by atoms with E-state index in [9.17, 15) is 9.59 Å². The van der Waals surface area contributed by atoms with Crippen LogP contribution < -0.4 is 5.32 Å². The summed E-state index contributed by atoms with van der Waals surface area (Å²) in [4.78, 5) is 29.5. The van der Waals surface area contributed by atoms with Crippen molar-refractivity contribution in [3.63, 3.8) is 0 Å². The Morgan fingerprint density at radius 3 is 2.51 bits per heavy atom. The van der Waals surface area contributed by atoms with Gasteiger partial charge in [0.2, 0.25) is 5.91 Å². The summed E-state index contributed by atoms with van der Waals surface area (Å²) in [7, 11) is 0. The molecule has 2 atom stereocenters. The highest BCUT2D eigenvalue weighted by molar-refractivity contribution is 7.99. The number of rotatable bonds is 8. The molecule has 2 aliphatic heterocycles. The molecule has 7 nitrogen and oxygen atoms in total. The molecule has 0 bridgehead atoms. The maximum atomic E-state index is 12.8. The summed E-state index contributed by atoms with van der Waals surface area (Å²) in [5.74, 6) is 1.59. The summed E-state index contributed by atoms with van der Waals surface area (Å²) in [6.07, 6.45) is 0.655. The monoisotopic (exact) mass is 536 g/mol. The van der Waals surface area contributed by atoms with Gasteiger partial charge in [0.1, 0.15) is 6.61 Å². The highest BCUT2D eigenvalue weighted by Gasteiger charge is 2.36. The molecule has 2 saturated heterocycles. The first-order chi connectivity index (χ1) is 16.1. The van der Waals surface area contributed by atoms with Crippen LogP contribution in [0.1, 0.15) is 23.1 Å². The fourth-order valence-electron chi connectivity index (χ4n) is 4.17. The lowest BCUT2D eigenvalue weighted by Gasteiger charge is -2.28. The Hall–Kier alpha value is -2.28. The number of halogens is 2. The molecular formula is C25H30Cl2N4O3S. The van der Waals surface area contributed by atoms with E-state index in [0.717, 1.165) is 29.3 Å². The second kappa shape index (κ2) is 14.3. The predicted molar refractivity (Wildman–Crippen MR) is 142 cm³/mol. The zero-order valence-electron chi connectivity index (χ0n) is 19.3. The molecule has 1 amide bonds. The minimum Gasteiger partial charge on any atom is -0.460 e. The molecular weight excluding hydrogens is 507 g/mol. The maximum absolute atomic E-state index is 12.8. The van der Waals surface area contributed by atoms with Gasteiger partial charge in [0.25, 0.3) is 0 Å². The summed E-state index contributed by atoms with van der Waals surface area (Å²) in [6.45, 7) is 2.35. The molecule has 2 aromatic rings. The molecule has 0 spiro atoms. The van der Waals surface area contributed by atoms with Gasteiger partial charge in [0.15, 0.2) is 0 Å². The van der Waals surface area contributed by atoms with E-state index in [2.05, 4.69) is 16.3 Å². The number of nitriles is 1. The minimum absolute atomic E-state index is 0. The molecule has 2 aliphatic rings. The SMILES string of the molecule is Cl.Cl.N#Cc1ccc(CN(CC(=O)OCc2ccccc2)[C@@H]2CN[C@H](C(=O)N3CCSC3)C2)cc1. The van der Waals surface area contributed by atoms with Gasteiger partial charge in [0, 0.05) is 31.4 Å². The van der Waals surface area contributed by atoms with Gasteiger partial charge in [-0.2, -0.15) is 5.26 Å². The van der Waals surface area contributed by atoms with Crippen LogP contribution in [0.15, 0.2) is 54.6 Å².